The van der Waals surface area contributed by atoms with E-state index in [4.69, 9.17) is 5.73 Å². The minimum Gasteiger partial charge on any atom is -0.369 e. The average Bonchev–Trinajstić information content (AvgIpc) is 2.84. The molecule has 0 spiro atoms. The van der Waals surface area contributed by atoms with E-state index in [0.29, 0.717) is 6.54 Å². The van der Waals surface area contributed by atoms with E-state index < -0.39 is 0 Å². The number of thiophene rings is 1. The SMILES string of the molecule is CC(c1cccs1)N1CC(C(N)=O)CC1=O. The molecule has 2 atom stereocenters. The molecular weight excluding hydrogens is 224 g/mol. The van der Waals surface area contributed by atoms with Gasteiger partial charge in [0.1, 0.15) is 0 Å². The molecule has 1 aliphatic rings. The maximum atomic E-state index is 11.7. The Balaban J connectivity index is 2.11. The fourth-order valence-corrected chi connectivity index (χ4v) is 2.77. The summed E-state index contributed by atoms with van der Waals surface area (Å²) in [5, 5.41) is 1.98. The van der Waals surface area contributed by atoms with Crippen LogP contribution in [0.25, 0.3) is 0 Å². The van der Waals surface area contributed by atoms with E-state index in [2.05, 4.69) is 0 Å². The van der Waals surface area contributed by atoms with Crippen molar-refractivity contribution in [3.05, 3.63) is 22.4 Å². The lowest BCUT2D eigenvalue weighted by molar-refractivity contribution is -0.129. The first-order valence-electron chi connectivity index (χ1n) is 5.21. The molecule has 2 N–H and O–H groups in total. The average molecular weight is 238 g/mol. The van der Waals surface area contributed by atoms with Crippen molar-refractivity contribution in [1.29, 1.82) is 0 Å². The van der Waals surface area contributed by atoms with E-state index >= 15 is 0 Å². The lowest BCUT2D eigenvalue weighted by Crippen LogP contribution is -2.30. The Morgan fingerprint density at radius 1 is 1.69 bits per heavy atom. The van der Waals surface area contributed by atoms with Crippen LogP contribution < -0.4 is 5.73 Å². The summed E-state index contributed by atoms with van der Waals surface area (Å²) in [6.07, 6.45) is 0.255. The number of amides is 2. The smallest absolute Gasteiger partial charge is 0.223 e. The van der Waals surface area contributed by atoms with Gasteiger partial charge >= 0.3 is 0 Å². The number of carbonyl (C=O) groups excluding carboxylic acids is 2. The molecule has 2 amide bonds. The highest BCUT2D eigenvalue weighted by Crippen LogP contribution is 2.30. The Bertz CT molecular complexity index is 402. The molecule has 0 bridgehead atoms. The van der Waals surface area contributed by atoms with Crippen molar-refractivity contribution < 1.29 is 9.59 Å². The molecule has 1 aromatic rings. The van der Waals surface area contributed by atoms with E-state index in [1.54, 1.807) is 16.2 Å². The third kappa shape index (κ3) is 1.95. The third-order valence-electron chi connectivity index (χ3n) is 2.98. The van der Waals surface area contributed by atoms with Crippen LogP contribution in [0.5, 0.6) is 0 Å². The quantitative estimate of drug-likeness (QED) is 0.858. The molecule has 1 aliphatic heterocycles. The summed E-state index contributed by atoms with van der Waals surface area (Å²) in [4.78, 5) is 25.7. The predicted molar refractivity (Wildman–Crippen MR) is 61.7 cm³/mol. The van der Waals surface area contributed by atoms with Gasteiger partial charge in [-0.05, 0) is 18.4 Å². The largest absolute Gasteiger partial charge is 0.369 e. The van der Waals surface area contributed by atoms with E-state index in [1.807, 2.05) is 24.4 Å². The molecule has 86 valence electrons. The molecule has 16 heavy (non-hydrogen) atoms. The predicted octanol–water partition coefficient (Wildman–Crippen LogP) is 1.14. The van der Waals surface area contributed by atoms with Crippen LogP contribution >= 0.6 is 11.3 Å². The van der Waals surface area contributed by atoms with Crippen LogP contribution in [0.15, 0.2) is 17.5 Å². The normalized spacial score (nSPS) is 22.4. The van der Waals surface area contributed by atoms with Crippen LogP contribution in [0, 0.1) is 5.92 Å². The van der Waals surface area contributed by atoms with Crippen LogP contribution in [-0.4, -0.2) is 23.3 Å². The van der Waals surface area contributed by atoms with Gasteiger partial charge in [-0.1, -0.05) is 6.07 Å². The molecule has 2 rings (SSSR count). The third-order valence-corrected chi connectivity index (χ3v) is 4.03. The summed E-state index contributed by atoms with van der Waals surface area (Å²) >= 11 is 1.62. The standard InChI is InChI=1S/C11H14N2O2S/c1-7(9-3-2-4-16-9)13-6-8(11(12)15)5-10(13)14/h2-4,7-8H,5-6H2,1H3,(H2,12,15). The fraction of sp³-hybridized carbons (Fsp3) is 0.455. The van der Waals surface area contributed by atoms with Gasteiger partial charge in [-0.15, -0.1) is 11.3 Å². The van der Waals surface area contributed by atoms with Crippen LogP contribution in [0.2, 0.25) is 0 Å². The summed E-state index contributed by atoms with van der Waals surface area (Å²) in [6, 6.07) is 4.00. The van der Waals surface area contributed by atoms with E-state index in [0.717, 1.165) is 4.88 Å². The van der Waals surface area contributed by atoms with Crippen LogP contribution in [0.1, 0.15) is 24.3 Å². The van der Waals surface area contributed by atoms with Gasteiger partial charge in [0.05, 0.1) is 12.0 Å². The maximum Gasteiger partial charge on any atom is 0.223 e. The summed E-state index contributed by atoms with van der Waals surface area (Å²) in [5.74, 6) is -0.686. The van der Waals surface area contributed by atoms with Crippen molar-refractivity contribution in [2.24, 2.45) is 11.7 Å². The molecule has 4 nitrogen and oxygen atoms in total. The zero-order valence-corrected chi connectivity index (χ0v) is 9.87. The first-order chi connectivity index (χ1) is 7.59. The van der Waals surface area contributed by atoms with E-state index in [-0.39, 0.29) is 30.2 Å². The first-order valence-corrected chi connectivity index (χ1v) is 6.09. The molecule has 0 aromatic carbocycles. The molecule has 2 heterocycles. The monoisotopic (exact) mass is 238 g/mol. The number of likely N-dealkylation sites (tertiary alicyclic amines) is 1. The van der Waals surface area contributed by atoms with Crippen LogP contribution in [0.4, 0.5) is 0 Å². The van der Waals surface area contributed by atoms with Gasteiger partial charge in [-0.3, -0.25) is 9.59 Å². The molecule has 1 saturated heterocycles. The van der Waals surface area contributed by atoms with Crippen LogP contribution in [-0.2, 0) is 9.59 Å². The summed E-state index contributed by atoms with van der Waals surface area (Å²) in [5.41, 5.74) is 5.23. The van der Waals surface area contributed by atoms with Gasteiger partial charge in [-0.25, -0.2) is 0 Å². The van der Waals surface area contributed by atoms with Gasteiger partial charge in [0, 0.05) is 17.8 Å². The molecule has 2 unspecified atom stereocenters. The second-order valence-corrected chi connectivity index (χ2v) is 5.02. The molecule has 0 aliphatic carbocycles. The van der Waals surface area contributed by atoms with E-state index in [1.165, 1.54) is 0 Å². The van der Waals surface area contributed by atoms with Crippen molar-refractivity contribution in [3.8, 4) is 0 Å². The Hall–Kier alpha value is -1.36. The molecule has 5 heteroatoms. The topological polar surface area (TPSA) is 63.4 Å². The zero-order valence-electron chi connectivity index (χ0n) is 9.05. The van der Waals surface area contributed by atoms with Crippen LogP contribution in [0.3, 0.4) is 0 Å². The fourth-order valence-electron chi connectivity index (χ4n) is 1.98. The zero-order chi connectivity index (χ0) is 11.7. The number of nitrogens with two attached hydrogens (primary N) is 1. The van der Waals surface area contributed by atoms with Gasteiger partial charge in [0.2, 0.25) is 11.8 Å². The highest BCUT2D eigenvalue weighted by atomic mass is 32.1. The molecule has 0 saturated carbocycles. The summed E-state index contributed by atoms with van der Waals surface area (Å²) in [7, 11) is 0. The number of rotatable bonds is 3. The van der Waals surface area contributed by atoms with Gasteiger partial charge in [0.25, 0.3) is 0 Å². The van der Waals surface area contributed by atoms with Crippen molar-refractivity contribution >= 4 is 23.2 Å². The van der Waals surface area contributed by atoms with Gasteiger partial charge in [-0.2, -0.15) is 0 Å². The number of primary amides is 1. The number of hydrogen-bond acceptors (Lipinski definition) is 3. The number of nitrogens with zero attached hydrogens (tertiary/aromatic N) is 1. The second kappa shape index (κ2) is 4.25. The Kier molecular flexibility index (Phi) is 2.96. The molecule has 1 fully saturated rings. The lowest BCUT2D eigenvalue weighted by atomic mass is 10.1. The molecular formula is C11H14N2O2S. The summed E-state index contributed by atoms with van der Waals surface area (Å²) < 4.78 is 0. The van der Waals surface area contributed by atoms with Crippen molar-refractivity contribution in [1.82, 2.24) is 4.90 Å². The van der Waals surface area contributed by atoms with E-state index in [9.17, 15) is 9.59 Å². The minimum absolute atomic E-state index is 0.0182. The highest BCUT2D eigenvalue weighted by molar-refractivity contribution is 7.10. The summed E-state index contributed by atoms with van der Waals surface area (Å²) in [6.45, 7) is 2.43. The molecule has 0 radical (unpaired) electrons. The van der Waals surface area contributed by atoms with Crippen molar-refractivity contribution in [2.75, 3.05) is 6.54 Å². The maximum absolute atomic E-state index is 11.7. The Morgan fingerprint density at radius 3 is 2.94 bits per heavy atom. The lowest BCUT2D eigenvalue weighted by Gasteiger charge is -2.23. The Morgan fingerprint density at radius 2 is 2.44 bits per heavy atom. The minimum atomic E-state index is -0.380. The first kappa shape index (κ1) is 11.1. The van der Waals surface area contributed by atoms with Crippen molar-refractivity contribution in [3.63, 3.8) is 0 Å². The highest BCUT2D eigenvalue weighted by Gasteiger charge is 2.36. The van der Waals surface area contributed by atoms with Crippen molar-refractivity contribution in [2.45, 2.75) is 19.4 Å². The molecule has 1 aromatic heterocycles. The number of carbonyl (C=O) groups is 2. The van der Waals surface area contributed by atoms with Gasteiger partial charge in [0.15, 0.2) is 0 Å². The second-order valence-electron chi connectivity index (χ2n) is 4.04. The Labute approximate surface area is 98.0 Å². The number of hydrogen-bond donors (Lipinski definition) is 1. The van der Waals surface area contributed by atoms with Gasteiger partial charge < -0.3 is 10.6 Å².